The van der Waals surface area contributed by atoms with Gasteiger partial charge < -0.3 is 4.74 Å². The number of hydrogen-bond donors (Lipinski definition) is 0. The van der Waals surface area contributed by atoms with Crippen molar-refractivity contribution >= 4 is 23.6 Å². The normalized spacial score (nSPS) is 42.5. The molecule has 5 rings (SSSR count). The molecule has 3 heteroatoms. The summed E-state index contributed by atoms with van der Waals surface area (Å²) in [7, 11) is 0. The molecule has 0 saturated heterocycles. The Labute approximate surface area is 198 Å². The van der Waals surface area contributed by atoms with Crippen LogP contribution in [0.15, 0.2) is 42.5 Å². The Morgan fingerprint density at radius 1 is 1.09 bits per heavy atom. The number of allylic oxidation sites excluding steroid dienone is 2. The topological polar surface area (TPSA) is 26.3 Å². The number of carbonyl (C=O) groups excluding carboxylic acids is 1. The average Bonchev–Trinajstić information content (AvgIpc) is 2.99. The molecule has 3 saturated carbocycles. The number of carbonyl (C=O) groups is 1. The Bertz CT molecular complexity index is 966. The first-order chi connectivity index (χ1) is 15.2. The summed E-state index contributed by atoms with van der Waals surface area (Å²) in [5, 5.41) is 0.671. The monoisotopic (exact) mass is 452 g/mol. The van der Waals surface area contributed by atoms with Gasteiger partial charge in [-0.25, -0.2) is 4.79 Å². The number of fused-ring (bicyclic) bond motifs is 3. The van der Waals surface area contributed by atoms with Crippen molar-refractivity contribution in [3.05, 3.63) is 53.1 Å². The summed E-state index contributed by atoms with van der Waals surface area (Å²) >= 11 is 6.04. The number of hydrogen-bond acceptors (Lipinski definition) is 2. The van der Waals surface area contributed by atoms with Gasteiger partial charge in [-0.05, 0) is 96.8 Å². The SMILES string of the molecule is C[C@]12C=C[C@@]3(CC[C@@H]4[C@@](C)(COC(=O)/C=C/c5cccc(Cl)c5)CCC[C@@]4(C)[C@@H]3CC1)C2. The minimum atomic E-state index is -0.252. The van der Waals surface area contributed by atoms with E-state index in [2.05, 4.69) is 32.9 Å². The molecule has 2 nitrogen and oxygen atoms in total. The maximum atomic E-state index is 12.5. The quantitative estimate of drug-likeness (QED) is 0.264. The molecule has 0 aromatic heterocycles. The molecular weight excluding hydrogens is 416 g/mol. The zero-order valence-corrected chi connectivity index (χ0v) is 20.6. The molecular formula is C29H37ClO2. The van der Waals surface area contributed by atoms with Gasteiger partial charge in [0.25, 0.3) is 0 Å². The van der Waals surface area contributed by atoms with E-state index in [1.54, 1.807) is 6.08 Å². The number of esters is 1. The van der Waals surface area contributed by atoms with Gasteiger partial charge in [-0.1, -0.05) is 63.1 Å². The van der Waals surface area contributed by atoms with Gasteiger partial charge in [0, 0.05) is 16.5 Å². The standard InChI is InChI=1S/C29H37ClO2/c1-26-14-10-24-28(3)13-5-12-27(2,23(28)11-15-29(24,19-26)17-16-26)20-32-25(31)9-8-21-6-4-7-22(30)18-21/h4,6-9,16-18,23-24H,5,10-15,19-20H2,1-3H3/b9-8+/t23-,24+,26-,27-,28-,29+/m1/s1. The van der Waals surface area contributed by atoms with Crippen LogP contribution in [-0.2, 0) is 9.53 Å². The first kappa shape index (κ1) is 22.3. The van der Waals surface area contributed by atoms with E-state index in [0.717, 1.165) is 17.9 Å². The highest BCUT2D eigenvalue weighted by Crippen LogP contribution is 2.71. The maximum Gasteiger partial charge on any atom is 0.330 e. The lowest BCUT2D eigenvalue weighted by Gasteiger charge is -2.64. The van der Waals surface area contributed by atoms with Crippen LogP contribution in [0.4, 0.5) is 0 Å². The highest BCUT2D eigenvalue weighted by Gasteiger charge is 2.63. The Hall–Kier alpha value is -1.54. The van der Waals surface area contributed by atoms with E-state index in [-0.39, 0.29) is 11.4 Å². The first-order valence-corrected chi connectivity index (χ1v) is 12.9. The molecule has 172 valence electrons. The minimum absolute atomic E-state index is 0.0667. The summed E-state index contributed by atoms with van der Waals surface area (Å²) < 4.78 is 5.87. The molecule has 2 bridgehead atoms. The second kappa shape index (κ2) is 7.76. The van der Waals surface area contributed by atoms with Crippen molar-refractivity contribution < 1.29 is 9.53 Å². The van der Waals surface area contributed by atoms with E-state index in [0.29, 0.717) is 33.8 Å². The van der Waals surface area contributed by atoms with Crippen molar-refractivity contribution in [3.63, 3.8) is 0 Å². The summed E-state index contributed by atoms with van der Waals surface area (Å²) in [5.41, 5.74) is 2.19. The Balaban J connectivity index is 1.29. The van der Waals surface area contributed by atoms with Crippen LogP contribution in [0, 0.1) is 33.5 Å². The Kier molecular flexibility index (Phi) is 5.40. The summed E-state index contributed by atoms with van der Waals surface area (Å²) in [5.74, 6) is 1.15. The largest absolute Gasteiger partial charge is 0.462 e. The van der Waals surface area contributed by atoms with Crippen molar-refractivity contribution in [2.45, 2.75) is 72.1 Å². The van der Waals surface area contributed by atoms with Crippen LogP contribution < -0.4 is 0 Å². The molecule has 0 N–H and O–H groups in total. The van der Waals surface area contributed by atoms with E-state index < -0.39 is 0 Å². The molecule has 4 aliphatic carbocycles. The number of halogens is 1. The van der Waals surface area contributed by atoms with E-state index in [4.69, 9.17) is 16.3 Å². The van der Waals surface area contributed by atoms with Crippen LogP contribution in [0.2, 0.25) is 5.02 Å². The van der Waals surface area contributed by atoms with Gasteiger partial charge in [-0.3, -0.25) is 0 Å². The zero-order chi connectivity index (χ0) is 22.6. The van der Waals surface area contributed by atoms with Crippen molar-refractivity contribution in [2.75, 3.05) is 6.61 Å². The second-order valence-electron chi connectivity index (χ2n) is 12.1. The lowest BCUT2D eigenvalue weighted by molar-refractivity contribution is -0.168. The zero-order valence-electron chi connectivity index (χ0n) is 19.8. The van der Waals surface area contributed by atoms with Crippen LogP contribution in [0.1, 0.15) is 77.7 Å². The molecule has 1 aromatic rings. The molecule has 0 radical (unpaired) electrons. The highest BCUT2D eigenvalue weighted by molar-refractivity contribution is 6.30. The van der Waals surface area contributed by atoms with Gasteiger partial charge in [0.05, 0.1) is 6.61 Å². The summed E-state index contributed by atoms with van der Waals surface area (Å²) in [6.45, 7) is 7.96. The van der Waals surface area contributed by atoms with Crippen molar-refractivity contribution in [1.82, 2.24) is 0 Å². The fourth-order valence-corrected chi connectivity index (χ4v) is 8.70. The van der Waals surface area contributed by atoms with Crippen LogP contribution in [-0.4, -0.2) is 12.6 Å². The number of rotatable bonds is 4. The molecule has 1 spiro atoms. The molecule has 6 atom stereocenters. The van der Waals surface area contributed by atoms with Crippen molar-refractivity contribution in [1.29, 1.82) is 0 Å². The molecule has 32 heavy (non-hydrogen) atoms. The summed E-state index contributed by atoms with van der Waals surface area (Å²) in [4.78, 5) is 12.5. The van der Waals surface area contributed by atoms with Crippen molar-refractivity contribution in [3.8, 4) is 0 Å². The summed E-state index contributed by atoms with van der Waals surface area (Å²) in [6.07, 6.45) is 18.8. The Morgan fingerprint density at radius 3 is 2.72 bits per heavy atom. The third kappa shape index (κ3) is 3.67. The molecule has 0 aliphatic heterocycles. The van der Waals surface area contributed by atoms with Gasteiger partial charge in [0.2, 0.25) is 0 Å². The molecule has 0 amide bonds. The second-order valence-corrected chi connectivity index (χ2v) is 12.5. The molecule has 0 heterocycles. The van der Waals surface area contributed by atoms with E-state index in [9.17, 15) is 4.79 Å². The van der Waals surface area contributed by atoms with Gasteiger partial charge in [0.15, 0.2) is 0 Å². The molecule has 0 unspecified atom stereocenters. The number of ether oxygens (including phenoxy) is 1. The van der Waals surface area contributed by atoms with Crippen LogP contribution in [0.5, 0.6) is 0 Å². The van der Waals surface area contributed by atoms with E-state index >= 15 is 0 Å². The maximum absolute atomic E-state index is 12.5. The van der Waals surface area contributed by atoms with E-state index in [1.165, 1.54) is 51.0 Å². The first-order valence-electron chi connectivity index (χ1n) is 12.5. The predicted octanol–water partition coefficient (Wildman–Crippen LogP) is 7.87. The average molecular weight is 453 g/mol. The lowest BCUT2D eigenvalue weighted by Crippen LogP contribution is -2.58. The van der Waals surface area contributed by atoms with Crippen LogP contribution >= 0.6 is 11.6 Å². The van der Waals surface area contributed by atoms with Gasteiger partial charge in [-0.2, -0.15) is 0 Å². The predicted molar refractivity (Wildman–Crippen MR) is 131 cm³/mol. The minimum Gasteiger partial charge on any atom is -0.462 e. The summed E-state index contributed by atoms with van der Waals surface area (Å²) in [6, 6.07) is 7.51. The van der Waals surface area contributed by atoms with Crippen LogP contribution in [0.3, 0.4) is 0 Å². The lowest BCUT2D eigenvalue weighted by atomic mass is 9.40. The van der Waals surface area contributed by atoms with Gasteiger partial charge >= 0.3 is 5.97 Å². The fraction of sp³-hybridized carbons (Fsp3) is 0.621. The van der Waals surface area contributed by atoms with E-state index in [1.807, 2.05) is 24.3 Å². The van der Waals surface area contributed by atoms with Gasteiger partial charge in [-0.15, -0.1) is 0 Å². The molecule has 4 aliphatic rings. The number of benzene rings is 1. The van der Waals surface area contributed by atoms with Gasteiger partial charge in [0.1, 0.15) is 0 Å². The fourth-order valence-electron chi connectivity index (χ4n) is 8.50. The third-order valence-electron chi connectivity index (χ3n) is 9.85. The highest BCUT2D eigenvalue weighted by atomic mass is 35.5. The third-order valence-corrected chi connectivity index (χ3v) is 10.1. The van der Waals surface area contributed by atoms with Crippen molar-refractivity contribution in [2.24, 2.45) is 33.5 Å². The molecule has 1 aromatic carbocycles. The Morgan fingerprint density at radius 2 is 1.91 bits per heavy atom. The molecule has 3 fully saturated rings. The van der Waals surface area contributed by atoms with Crippen LogP contribution in [0.25, 0.3) is 6.08 Å². The smallest absolute Gasteiger partial charge is 0.330 e.